The van der Waals surface area contributed by atoms with Gasteiger partial charge >= 0.3 is 35.4 Å². The highest BCUT2D eigenvalue weighted by Gasteiger charge is 2.41. The number of amides is 6. The minimum Gasteiger partial charge on any atom is -0.354 e. The Labute approximate surface area is 843 Å². The second-order valence-electron chi connectivity index (χ2n) is 32.9. The monoisotopic (exact) mass is 1900 g/mol. The molecule has 6 saturated heterocycles. The van der Waals surface area contributed by atoms with Crippen LogP contribution in [0.4, 0.5) is 34.9 Å². The van der Waals surface area contributed by atoms with Crippen molar-refractivity contribution < 1.29 is 69.9 Å². The molecule has 6 fully saturated rings. The van der Waals surface area contributed by atoms with Crippen LogP contribution in [0.1, 0.15) is 121 Å². The minimum absolute atomic E-state index is 0.0128. The van der Waals surface area contributed by atoms with Gasteiger partial charge in [-0.15, -0.1) is 0 Å². The zero-order chi connectivity index (χ0) is 124. The van der Waals surface area contributed by atoms with Crippen molar-refractivity contribution in [2.24, 2.45) is 35.4 Å². The predicted octanol–water partition coefficient (Wildman–Crippen LogP) is 9.30. The van der Waals surface area contributed by atoms with E-state index in [-0.39, 0.29) is 201 Å². The zero-order valence-electron chi connectivity index (χ0n) is 106. The van der Waals surface area contributed by atoms with Crippen LogP contribution in [0.2, 0.25) is 0 Å². The number of likely N-dealkylation sites (N-methyl/N-ethyl adjacent to an activating group) is 6. The van der Waals surface area contributed by atoms with Crippen molar-refractivity contribution in [2.45, 2.75) is 116 Å². The lowest BCUT2D eigenvalue weighted by molar-refractivity contribution is -0.131. The van der Waals surface area contributed by atoms with E-state index in [1.165, 1.54) is 52.4 Å². The van der Waals surface area contributed by atoms with Gasteiger partial charge in [-0.3, -0.25) is 28.8 Å². The number of carbonyl (C=O) groups is 6. The van der Waals surface area contributed by atoms with Gasteiger partial charge in [-0.25, -0.2) is 99.2 Å². The van der Waals surface area contributed by atoms with Gasteiger partial charge in [-0.2, -0.15) is 0 Å². The summed E-state index contributed by atoms with van der Waals surface area (Å²) in [5.74, 6) is -8.33. The number of H-pyrrole nitrogens is 6. The van der Waals surface area contributed by atoms with Gasteiger partial charge in [-0.05, 0) is 110 Å². The molecular formula is C96H120N36O6. The van der Waals surface area contributed by atoms with Gasteiger partial charge in [0.05, 0.1) is 72.6 Å². The van der Waals surface area contributed by atoms with Crippen LogP contribution in [0.25, 0.3) is 95.3 Å². The second kappa shape index (κ2) is 46.5. The van der Waals surface area contributed by atoms with Crippen LogP contribution in [0, 0.1) is 74.9 Å². The zero-order valence-corrected chi connectivity index (χ0v) is 76.2. The van der Waals surface area contributed by atoms with Crippen molar-refractivity contribution >= 4 is 137 Å². The Bertz CT molecular complexity index is 7980. The average Bonchev–Trinajstić information content (AvgIpc) is 1.05. The first-order valence-electron chi connectivity index (χ1n) is 58.6. The van der Waals surface area contributed by atoms with Crippen molar-refractivity contribution in [1.29, 1.82) is 0 Å². The van der Waals surface area contributed by atoms with Gasteiger partial charge in [0.25, 0.3) is 39.3 Å². The molecule has 0 radical (unpaired) electrons. The average molecular weight is 1900 g/mol. The summed E-state index contributed by atoms with van der Waals surface area (Å²) in [7, 11) is 4.62. The van der Waals surface area contributed by atoms with Gasteiger partial charge in [0.15, 0.2) is 0 Å². The summed E-state index contributed by atoms with van der Waals surface area (Å²) in [6, 6.07) is 2.07. The number of hydrogen-bond donors (Lipinski definition) is 6. The molecule has 0 aliphatic carbocycles. The lowest BCUT2D eigenvalue weighted by Crippen LogP contribution is -2.53. The van der Waals surface area contributed by atoms with Crippen LogP contribution in [0.15, 0.2) is 111 Å². The van der Waals surface area contributed by atoms with E-state index in [1.807, 2.05) is 6.92 Å². The largest absolute Gasteiger partial charge is 0.354 e. The number of aromatic nitrogens is 18. The van der Waals surface area contributed by atoms with E-state index in [0.717, 1.165) is 9.80 Å². The number of hydrogen-bond acceptors (Lipinski definition) is 24. The number of carbonyl (C=O) groups excluding carboxylic acids is 6. The normalized spacial score (nSPS) is 28.1. The van der Waals surface area contributed by atoms with Crippen molar-refractivity contribution in [2.75, 3.05) is 189 Å². The van der Waals surface area contributed by atoms with Crippen LogP contribution >= 0.6 is 0 Å². The first-order chi connectivity index (χ1) is 78.4. The molecular weight excluding hydrogens is 1750 g/mol. The van der Waals surface area contributed by atoms with E-state index in [1.54, 1.807) is 105 Å². The fourth-order valence-corrected chi connectivity index (χ4v) is 16.7. The number of piperidine rings is 6. The molecule has 12 aromatic rings. The maximum atomic E-state index is 12.3. The number of likely N-dealkylation sites (tertiary alicyclic amines) is 6. The van der Waals surface area contributed by atoms with Gasteiger partial charge in [0.1, 0.15) is 115 Å². The number of nitrogens with one attached hydrogen (secondary N) is 6. The van der Waals surface area contributed by atoms with E-state index >= 15 is 0 Å². The van der Waals surface area contributed by atoms with E-state index in [0.29, 0.717) is 92.3 Å². The molecule has 138 heavy (non-hydrogen) atoms. The Morgan fingerprint density at radius 1 is 0.319 bits per heavy atom. The molecule has 18 heterocycles. The summed E-state index contributed by atoms with van der Waals surface area (Å²) in [5.41, 5.74) is 2.21. The van der Waals surface area contributed by atoms with Crippen LogP contribution in [0.3, 0.4) is 0 Å². The first-order valence-corrected chi connectivity index (χ1v) is 43.6. The van der Waals surface area contributed by atoms with Crippen LogP contribution in [-0.2, 0) is 28.8 Å². The molecule has 42 heteroatoms. The molecule has 720 valence electrons. The smallest absolute Gasteiger partial charge is 0.302 e. The highest BCUT2D eigenvalue weighted by atomic mass is 16.2. The molecule has 42 nitrogen and oxygen atoms in total. The molecule has 6 aliphatic rings. The van der Waals surface area contributed by atoms with Gasteiger partial charge in [-0.1, -0.05) is 41.3 Å². The van der Waals surface area contributed by atoms with Crippen molar-refractivity contribution in [3.05, 3.63) is 180 Å². The Morgan fingerprint density at radius 3 is 0.862 bits per heavy atom. The van der Waals surface area contributed by atoms with E-state index < -0.39 is 150 Å². The van der Waals surface area contributed by atoms with E-state index in [9.17, 15) is 28.8 Å². The Hall–Kier alpha value is -15.7. The maximum Gasteiger partial charge on any atom is 0.302 e. The van der Waals surface area contributed by atoms with Crippen molar-refractivity contribution in [3.63, 3.8) is 0 Å². The molecule has 0 unspecified atom stereocenters. The topological polar surface area (TPSA) is 417 Å². The molecule has 12 atom stereocenters. The fraction of sp³-hybridized carbons (Fsp3) is 0.500. The summed E-state index contributed by atoms with van der Waals surface area (Å²) < 4.78 is 245. The van der Waals surface area contributed by atoms with Gasteiger partial charge in [0.2, 0.25) is 0 Å². The molecule has 0 spiro atoms. The van der Waals surface area contributed by atoms with Crippen LogP contribution < -0.4 is 29.4 Å². The number of anilines is 6. The molecule has 6 aliphatic heterocycles. The first kappa shape index (κ1) is 66.6. The molecule has 6 amide bonds. The number of fused-ring (bicyclic) bond motifs is 6. The van der Waals surface area contributed by atoms with Crippen LogP contribution in [0.5, 0.6) is 0 Å². The lowest BCUT2D eigenvalue weighted by Gasteiger charge is -2.41. The summed E-state index contributed by atoms with van der Waals surface area (Å²) in [6.07, 6.45) is 8.84. The SMILES string of the molecule is [2H]c1nc(N(C)[C@@]2([2H])CN(C(=O)C[N+]#[C-])CC[C@@]2([2H])C([2H])([2H])[2H])c2cc[nH]c2n1.[2H]c1nc(N(C)[C@@]2([2H])CN(C(=O)C[N+]#[C-])CC[C@@]2([2H])C)c2cc[nH]c2n1.[2H]c1nc(N(C)[C@@]2([2H])CN(C(=O)C[N+]#[C-])CC[C@H]2C([2H])([2H])[2H])c2cc[nH]c2n1.[2H]c1nc(N([C@H]2CN(C(=O)C[N+]#[C-])CC[C@@]2([2H])C)C([2H])([2H])[2H])c2cc[nH]c2n1.[2H]c1nc(N([C@H]2CN(C(=O)C[N+]#[C-])CC[C@H]2C([2H])([2H])[2H])C([2H])([2H])[2H])c2cc[nH]c2n1.[2H]c1nc(N([C@H]2CN(C(=O)C[N+]#[C-])CC[C@H]2C)C([2H])([2H])[2H])c2cc[nH]c2n1. The summed E-state index contributed by atoms with van der Waals surface area (Å²) in [6.45, 7) is 29.7. The highest BCUT2D eigenvalue weighted by molar-refractivity contribution is 5.93. The van der Waals surface area contributed by atoms with Crippen molar-refractivity contribution in [1.82, 2.24) is 119 Å². The van der Waals surface area contributed by atoms with Crippen molar-refractivity contribution in [3.8, 4) is 0 Å². The van der Waals surface area contributed by atoms with Crippen LogP contribution in [-0.4, -0.2) is 351 Å². The lowest BCUT2D eigenvalue weighted by atomic mass is 9.92. The number of rotatable bonds is 18. The fourth-order valence-electron chi connectivity index (χ4n) is 16.7. The Morgan fingerprint density at radius 2 is 0.558 bits per heavy atom. The Balaban J connectivity index is 0.000000165. The summed E-state index contributed by atoms with van der Waals surface area (Å²) in [5, 5.41) is 2.93. The molecule has 0 bridgehead atoms. The van der Waals surface area contributed by atoms with E-state index in [2.05, 4.69) is 119 Å². The standard InChI is InChI=1S/6C16H20N6O/c6*1-11-5-7-22(14(23)8-17-2)9-13(11)21(3)16-12-4-6-18-15(12)19-10-20-16/h6*4,6,10-11,13H,5,7-9H2,1,3H3,(H,18,19,20)/t6*11-,13+/m111111/s1/i1D3,10D,11D,13D;10D,11D,13D;3D3,10D,11D;1D3,10D,13D;1D3,3D3,10D;3D3,10D. The van der Waals surface area contributed by atoms with Gasteiger partial charge in [0, 0.05) is 187 Å². The molecule has 18 rings (SSSR count). The molecule has 6 N–H and O–H groups in total. The predicted molar refractivity (Wildman–Crippen MR) is 527 cm³/mol. The number of aromatic amines is 6. The minimum atomic E-state index is -2.81. The third-order valence-electron chi connectivity index (χ3n) is 24.6. The number of nitrogens with zero attached hydrogens (tertiary/aromatic N) is 30. The second-order valence-corrected chi connectivity index (χ2v) is 32.9. The summed E-state index contributed by atoms with van der Waals surface area (Å²) in [4.78, 5) is 173. The maximum absolute atomic E-state index is 12.3. The third-order valence-corrected chi connectivity index (χ3v) is 24.6. The quantitative estimate of drug-likeness (QED) is 0.0435. The summed E-state index contributed by atoms with van der Waals surface area (Å²) >= 11 is 0. The third kappa shape index (κ3) is 23.1. The Kier molecular flexibility index (Phi) is 22.4. The molecule has 12 aromatic heterocycles. The molecule has 0 aromatic carbocycles. The van der Waals surface area contributed by atoms with Gasteiger partial charge < -0.3 is 118 Å². The molecule has 0 saturated carbocycles. The highest BCUT2D eigenvalue weighted by Crippen LogP contribution is 2.37. The van der Waals surface area contributed by atoms with E-state index in [4.69, 9.17) is 80.6 Å².